The fourth-order valence-corrected chi connectivity index (χ4v) is 3.82. The number of carbonyl (C=O) groups excluding carboxylic acids is 1. The molecule has 186 valence electrons. The Morgan fingerprint density at radius 1 is 1.06 bits per heavy atom. The number of halogens is 5. The zero-order chi connectivity index (χ0) is 25.8. The molecule has 35 heavy (non-hydrogen) atoms. The molecule has 0 radical (unpaired) electrons. The van der Waals surface area contributed by atoms with E-state index in [1.165, 1.54) is 32.2 Å². The van der Waals surface area contributed by atoms with Gasteiger partial charge in [-0.2, -0.15) is 13.2 Å². The van der Waals surface area contributed by atoms with E-state index in [-0.39, 0.29) is 24.2 Å². The Kier molecular flexibility index (Phi) is 8.00. The molecule has 0 aliphatic carbocycles. The zero-order valence-electron chi connectivity index (χ0n) is 19.2. The number of ether oxygens (including phenoxy) is 1. The molecule has 1 amide bonds. The summed E-state index contributed by atoms with van der Waals surface area (Å²) in [4.78, 5) is 20.6. The van der Waals surface area contributed by atoms with Gasteiger partial charge in [-0.1, -0.05) is 30.7 Å². The lowest BCUT2D eigenvalue weighted by molar-refractivity contribution is -0.143. The van der Waals surface area contributed by atoms with Crippen LogP contribution in [0.1, 0.15) is 49.3 Å². The van der Waals surface area contributed by atoms with Crippen molar-refractivity contribution in [3.63, 3.8) is 0 Å². The van der Waals surface area contributed by atoms with Gasteiger partial charge < -0.3 is 10.1 Å². The Balaban J connectivity index is 1.81. The Labute approximate surface area is 205 Å². The highest BCUT2D eigenvalue weighted by molar-refractivity contribution is 6.30. The van der Waals surface area contributed by atoms with Gasteiger partial charge in [-0.05, 0) is 55.2 Å². The third-order valence-corrected chi connectivity index (χ3v) is 5.84. The fraction of sp³-hybridized carbons (Fsp3) is 0.320. The van der Waals surface area contributed by atoms with Crippen LogP contribution in [0.15, 0.2) is 61.2 Å². The summed E-state index contributed by atoms with van der Waals surface area (Å²) in [6.45, 7) is 4.78. The molecule has 3 aromatic rings. The molecule has 0 saturated heterocycles. The highest BCUT2D eigenvalue weighted by Crippen LogP contribution is 2.37. The minimum absolute atomic E-state index is 0.106. The van der Waals surface area contributed by atoms with E-state index < -0.39 is 29.0 Å². The molecular formula is C25H24ClF4N3O2. The number of amides is 1. The highest BCUT2D eigenvalue weighted by atomic mass is 35.5. The van der Waals surface area contributed by atoms with Gasteiger partial charge in [0.2, 0.25) is 0 Å². The molecule has 5 nitrogen and oxygen atoms in total. The lowest BCUT2D eigenvalue weighted by Crippen LogP contribution is -2.48. The third-order valence-electron chi connectivity index (χ3n) is 5.63. The number of nitrogens with zero attached hydrogens (tertiary/aromatic N) is 2. The summed E-state index contributed by atoms with van der Waals surface area (Å²) in [5.41, 5.74) is -1.14. The lowest BCUT2D eigenvalue weighted by Gasteiger charge is -2.29. The van der Waals surface area contributed by atoms with E-state index in [0.29, 0.717) is 11.2 Å². The van der Waals surface area contributed by atoms with E-state index in [1.54, 1.807) is 24.4 Å². The summed E-state index contributed by atoms with van der Waals surface area (Å²) in [6.07, 6.45) is 0.219. The van der Waals surface area contributed by atoms with Crippen molar-refractivity contribution in [3.05, 3.63) is 88.7 Å². The fourth-order valence-electron chi connectivity index (χ4n) is 3.63. The van der Waals surface area contributed by atoms with Crippen molar-refractivity contribution in [2.24, 2.45) is 0 Å². The molecule has 2 unspecified atom stereocenters. The van der Waals surface area contributed by atoms with Crippen molar-refractivity contribution in [3.8, 4) is 5.75 Å². The minimum Gasteiger partial charge on any atom is -0.477 e. The van der Waals surface area contributed by atoms with Crippen LogP contribution in [0.5, 0.6) is 5.75 Å². The molecular weight excluding hydrogens is 486 g/mol. The highest BCUT2D eigenvalue weighted by Gasteiger charge is 2.38. The first-order valence-electron chi connectivity index (χ1n) is 10.7. The topological polar surface area (TPSA) is 64.1 Å². The minimum atomic E-state index is -4.69. The normalized spacial score (nSPS) is 13.7. The summed E-state index contributed by atoms with van der Waals surface area (Å²) in [5.74, 6) is -1.99. The van der Waals surface area contributed by atoms with Crippen LogP contribution in [0.3, 0.4) is 0 Å². The van der Waals surface area contributed by atoms with Gasteiger partial charge in [-0.15, -0.1) is 0 Å². The first-order chi connectivity index (χ1) is 16.4. The number of alkyl halides is 3. The van der Waals surface area contributed by atoms with Gasteiger partial charge >= 0.3 is 6.18 Å². The Morgan fingerprint density at radius 3 is 2.37 bits per heavy atom. The number of pyridine rings is 2. The van der Waals surface area contributed by atoms with Crippen LogP contribution in [0.25, 0.3) is 0 Å². The molecule has 1 aromatic carbocycles. The molecule has 0 bridgehead atoms. The monoisotopic (exact) mass is 509 g/mol. The molecule has 0 aliphatic heterocycles. The largest absolute Gasteiger partial charge is 0.477 e. The summed E-state index contributed by atoms with van der Waals surface area (Å²) >= 11 is 6.12. The molecule has 3 rings (SSSR count). The van der Waals surface area contributed by atoms with Gasteiger partial charge in [0.25, 0.3) is 5.91 Å². The first kappa shape index (κ1) is 26.4. The number of benzene rings is 1. The Morgan fingerprint density at radius 2 is 1.74 bits per heavy atom. The van der Waals surface area contributed by atoms with Gasteiger partial charge in [0, 0.05) is 37.3 Å². The second-order valence-electron chi connectivity index (χ2n) is 8.58. The van der Waals surface area contributed by atoms with Crippen LogP contribution in [-0.4, -0.2) is 28.0 Å². The smallest absolute Gasteiger partial charge is 0.421 e. The van der Waals surface area contributed by atoms with Crippen molar-refractivity contribution < 1.29 is 27.1 Å². The third kappa shape index (κ3) is 6.69. The number of nitrogens with one attached hydrogen (secondary N) is 1. The molecule has 0 spiro atoms. The standard InChI is InChI=1S/C25H24ClF4N3O2/c1-15(16-4-6-19(27)7-5-16)20(17-10-18(26)12-32-11-17)13-33-23(34)24(2,3)35-22-8-9-31-14-21(22)25(28,29)30/h4-12,14-15,20H,13H2,1-3H3,(H,33,34). The van der Waals surface area contributed by atoms with E-state index in [0.717, 1.165) is 23.4 Å². The van der Waals surface area contributed by atoms with Crippen molar-refractivity contribution in [1.29, 1.82) is 0 Å². The van der Waals surface area contributed by atoms with Crippen LogP contribution in [-0.2, 0) is 11.0 Å². The maximum absolute atomic E-state index is 13.4. The number of hydrogen-bond donors (Lipinski definition) is 1. The molecule has 2 atom stereocenters. The average Bonchev–Trinajstić information content (AvgIpc) is 2.79. The number of hydrogen-bond acceptors (Lipinski definition) is 4. The molecule has 1 N–H and O–H groups in total. The van der Waals surface area contributed by atoms with Crippen molar-refractivity contribution in [2.45, 2.75) is 44.4 Å². The molecule has 2 aromatic heterocycles. The quantitative estimate of drug-likeness (QED) is 0.370. The van der Waals surface area contributed by atoms with Crippen molar-refractivity contribution >= 4 is 17.5 Å². The van der Waals surface area contributed by atoms with Gasteiger partial charge in [0.1, 0.15) is 17.1 Å². The molecule has 0 aliphatic rings. The summed E-state index contributed by atoms with van der Waals surface area (Å²) in [5, 5.41) is 3.18. The second-order valence-corrected chi connectivity index (χ2v) is 9.01. The lowest BCUT2D eigenvalue weighted by atomic mass is 9.83. The van der Waals surface area contributed by atoms with Gasteiger partial charge in [0.05, 0.1) is 5.02 Å². The van der Waals surface area contributed by atoms with Crippen molar-refractivity contribution in [2.75, 3.05) is 6.54 Å². The van der Waals surface area contributed by atoms with E-state index >= 15 is 0 Å². The van der Waals surface area contributed by atoms with Crippen LogP contribution in [0.2, 0.25) is 5.02 Å². The SMILES string of the molecule is CC(c1ccc(F)cc1)C(CNC(=O)C(C)(C)Oc1ccncc1C(F)(F)F)c1cncc(Cl)c1. The van der Waals surface area contributed by atoms with Gasteiger partial charge in [-0.25, -0.2) is 4.39 Å². The maximum Gasteiger partial charge on any atom is 0.421 e. The van der Waals surface area contributed by atoms with Crippen molar-refractivity contribution in [1.82, 2.24) is 15.3 Å². The average molecular weight is 510 g/mol. The summed E-state index contributed by atoms with van der Waals surface area (Å²) in [6, 6.07) is 8.79. The summed E-state index contributed by atoms with van der Waals surface area (Å²) in [7, 11) is 0. The summed E-state index contributed by atoms with van der Waals surface area (Å²) < 4.78 is 58.8. The number of rotatable bonds is 8. The predicted octanol–water partition coefficient (Wildman–Crippen LogP) is 6.15. The van der Waals surface area contributed by atoms with Crippen LogP contribution >= 0.6 is 11.6 Å². The molecule has 2 heterocycles. The van der Waals surface area contributed by atoms with E-state index in [1.807, 2.05) is 6.92 Å². The van der Waals surface area contributed by atoms with E-state index in [2.05, 4.69) is 15.3 Å². The zero-order valence-corrected chi connectivity index (χ0v) is 20.0. The maximum atomic E-state index is 13.4. The van der Waals surface area contributed by atoms with E-state index in [4.69, 9.17) is 16.3 Å². The van der Waals surface area contributed by atoms with Gasteiger partial charge in [-0.3, -0.25) is 14.8 Å². The van der Waals surface area contributed by atoms with Crippen LogP contribution in [0.4, 0.5) is 17.6 Å². The van der Waals surface area contributed by atoms with Crippen LogP contribution < -0.4 is 10.1 Å². The van der Waals surface area contributed by atoms with E-state index in [9.17, 15) is 22.4 Å². The number of aromatic nitrogens is 2. The Bertz CT molecular complexity index is 1170. The molecule has 10 heteroatoms. The predicted molar refractivity (Wildman–Crippen MR) is 124 cm³/mol. The first-order valence-corrected chi connectivity index (χ1v) is 11.1. The number of carbonyl (C=O) groups is 1. The molecule has 0 saturated carbocycles. The van der Waals surface area contributed by atoms with Crippen LogP contribution in [0, 0.1) is 5.82 Å². The molecule has 0 fully saturated rings. The second kappa shape index (κ2) is 10.6. The Hall–Kier alpha value is -3.20. The van der Waals surface area contributed by atoms with Gasteiger partial charge in [0.15, 0.2) is 5.60 Å².